The van der Waals surface area contributed by atoms with E-state index in [4.69, 9.17) is 0 Å². The zero-order valence-corrected chi connectivity index (χ0v) is 10.3. The smallest absolute Gasteiger partial charge is 0.0309 e. The molecule has 0 unspecified atom stereocenters. The van der Waals surface area contributed by atoms with Crippen LogP contribution in [-0.4, -0.2) is 0 Å². The Morgan fingerprint density at radius 3 is 2.33 bits per heavy atom. The first-order chi connectivity index (χ1) is 4.20. The predicted molar refractivity (Wildman–Crippen MR) is 59.6 cm³/mol. The molecule has 0 nitrogen and oxygen atoms in total. The van der Waals surface area contributed by atoms with Crippen LogP contribution in [0.15, 0.2) is 22.7 Å². The van der Waals surface area contributed by atoms with E-state index in [1.165, 1.54) is 11.6 Å². The molecule has 0 aliphatic rings. The van der Waals surface area contributed by atoms with Gasteiger partial charge in [0.2, 0.25) is 0 Å². The third-order valence-electron chi connectivity index (χ3n) is 0.882. The summed E-state index contributed by atoms with van der Waals surface area (Å²) in [7, 11) is 0. The molecule has 0 N–H and O–H groups in total. The van der Waals surface area contributed by atoms with Gasteiger partial charge in [-0.15, -0.1) is 0 Å². The lowest BCUT2D eigenvalue weighted by Crippen LogP contribution is -1.74. The lowest BCUT2D eigenvalue weighted by atomic mass is 10.4. The lowest BCUT2D eigenvalue weighted by Gasteiger charge is -1.93. The fourth-order valence-electron chi connectivity index (χ4n) is 0.470. The van der Waals surface area contributed by atoms with Gasteiger partial charge in [0, 0.05) is 11.6 Å². The van der Waals surface area contributed by atoms with Crippen LogP contribution in [0.3, 0.4) is 0 Å². The van der Waals surface area contributed by atoms with Gasteiger partial charge in [-0.05, 0) is 79.3 Å². The first-order valence-electron chi connectivity index (χ1n) is 2.30. The summed E-state index contributed by atoms with van der Waals surface area (Å²) < 4.78 is 3.71. The zero-order chi connectivity index (χ0) is 6.85. The van der Waals surface area contributed by atoms with E-state index in [9.17, 15) is 0 Å². The molecule has 0 heterocycles. The molecule has 1 aromatic carbocycles. The van der Waals surface area contributed by atoms with E-state index in [-0.39, 0.29) is 0 Å². The van der Waals surface area contributed by atoms with Crippen molar-refractivity contribution in [2.45, 2.75) is 0 Å². The van der Waals surface area contributed by atoms with Gasteiger partial charge in [0.05, 0.1) is 0 Å². The van der Waals surface area contributed by atoms with E-state index >= 15 is 0 Å². The van der Waals surface area contributed by atoms with Crippen LogP contribution in [0.5, 0.6) is 0 Å². The minimum Gasteiger partial charge on any atom is -0.0497 e. The topological polar surface area (TPSA) is 0 Å². The van der Waals surface area contributed by atoms with Gasteiger partial charge < -0.3 is 0 Å². The Balaban J connectivity index is 3.17. The summed E-state index contributed by atoms with van der Waals surface area (Å²) in [6.07, 6.45) is 0. The number of hydrogen-bond acceptors (Lipinski definition) is 0. The molecule has 0 fully saturated rings. The van der Waals surface area contributed by atoms with Crippen molar-refractivity contribution in [1.29, 1.82) is 0 Å². The fourth-order valence-corrected chi connectivity index (χ4v) is 2.32. The Morgan fingerprint density at radius 2 is 1.89 bits per heavy atom. The molecular formula is C6H3BrI2. The molecule has 0 bridgehead atoms. The molecule has 0 aliphatic heterocycles. The highest BCUT2D eigenvalue weighted by Crippen LogP contribution is 2.20. The first-order valence-corrected chi connectivity index (χ1v) is 5.26. The van der Waals surface area contributed by atoms with Gasteiger partial charge in [0.1, 0.15) is 0 Å². The number of benzene rings is 1. The molecule has 1 aromatic rings. The van der Waals surface area contributed by atoms with Gasteiger partial charge in [-0.25, -0.2) is 0 Å². The SMILES string of the molecule is Brc1ccc(I)cc1I. The van der Waals surface area contributed by atoms with Gasteiger partial charge in [-0.1, -0.05) is 0 Å². The van der Waals surface area contributed by atoms with E-state index in [2.05, 4.69) is 79.3 Å². The maximum absolute atomic E-state index is 3.42. The van der Waals surface area contributed by atoms with Crippen LogP contribution >= 0.6 is 61.1 Å². The molecule has 0 spiro atoms. The second-order valence-electron chi connectivity index (χ2n) is 1.56. The number of rotatable bonds is 0. The van der Waals surface area contributed by atoms with Crippen LogP contribution in [0.25, 0.3) is 0 Å². The summed E-state index contributed by atoms with van der Waals surface area (Å²) in [5.74, 6) is 0. The van der Waals surface area contributed by atoms with E-state index in [0.717, 1.165) is 0 Å². The van der Waals surface area contributed by atoms with Gasteiger partial charge in [0.15, 0.2) is 0 Å². The molecule has 0 aromatic heterocycles. The largest absolute Gasteiger partial charge is 0.0497 e. The molecule has 0 saturated heterocycles. The summed E-state index contributed by atoms with van der Waals surface area (Å²) >= 11 is 8.01. The van der Waals surface area contributed by atoms with Gasteiger partial charge in [0.25, 0.3) is 0 Å². The second kappa shape index (κ2) is 3.52. The normalized spacial score (nSPS) is 9.67. The molecule has 9 heavy (non-hydrogen) atoms. The van der Waals surface area contributed by atoms with Crippen LogP contribution in [0.4, 0.5) is 0 Å². The molecule has 3 heteroatoms. The van der Waals surface area contributed by atoms with Crippen molar-refractivity contribution < 1.29 is 0 Å². The molecule has 0 saturated carbocycles. The maximum Gasteiger partial charge on any atom is 0.0309 e. The van der Waals surface area contributed by atoms with Crippen molar-refractivity contribution in [2.75, 3.05) is 0 Å². The Morgan fingerprint density at radius 1 is 1.22 bits per heavy atom. The van der Waals surface area contributed by atoms with Crippen molar-refractivity contribution in [3.05, 3.63) is 29.8 Å². The van der Waals surface area contributed by atoms with E-state index in [1.54, 1.807) is 0 Å². The molecule has 0 radical (unpaired) electrons. The van der Waals surface area contributed by atoms with Gasteiger partial charge in [-0.2, -0.15) is 0 Å². The quantitative estimate of drug-likeness (QED) is 0.454. The summed E-state index contributed by atoms with van der Waals surface area (Å²) in [4.78, 5) is 0. The van der Waals surface area contributed by atoms with Crippen molar-refractivity contribution in [3.63, 3.8) is 0 Å². The van der Waals surface area contributed by atoms with E-state index in [0.29, 0.717) is 0 Å². The Labute approximate surface area is 89.8 Å². The molecule has 0 atom stereocenters. The predicted octanol–water partition coefficient (Wildman–Crippen LogP) is 3.66. The van der Waals surface area contributed by atoms with Crippen LogP contribution in [-0.2, 0) is 0 Å². The third-order valence-corrected chi connectivity index (χ3v) is 3.88. The highest BCUT2D eigenvalue weighted by Gasteiger charge is 1.93. The summed E-state index contributed by atoms with van der Waals surface area (Å²) in [5.41, 5.74) is 0. The highest BCUT2D eigenvalue weighted by atomic mass is 127. The lowest BCUT2D eigenvalue weighted by molar-refractivity contribution is 1.54. The maximum atomic E-state index is 3.42. The average Bonchev–Trinajstić information content (AvgIpc) is 1.80. The monoisotopic (exact) mass is 408 g/mol. The molecule has 1 rings (SSSR count). The fraction of sp³-hybridized carbons (Fsp3) is 0. The Hall–Kier alpha value is 1.16. The minimum atomic E-state index is 1.17. The van der Waals surface area contributed by atoms with Gasteiger partial charge >= 0.3 is 0 Å². The highest BCUT2D eigenvalue weighted by molar-refractivity contribution is 14.1. The van der Waals surface area contributed by atoms with Crippen molar-refractivity contribution >= 4 is 61.1 Å². The summed E-state index contributed by atoms with van der Waals surface area (Å²) in [6.45, 7) is 0. The average molecular weight is 409 g/mol. The number of halogens is 3. The van der Waals surface area contributed by atoms with E-state index in [1.807, 2.05) is 0 Å². The van der Waals surface area contributed by atoms with Crippen LogP contribution in [0.2, 0.25) is 0 Å². The van der Waals surface area contributed by atoms with Crippen molar-refractivity contribution in [1.82, 2.24) is 0 Å². The molecule has 0 amide bonds. The van der Waals surface area contributed by atoms with Crippen molar-refractivity contribution in [3.8, 4) is 0 Å². The van der Waals surface area contributed by atoms with Gasteiger partial charge in [-0.3, -0.25) is 0 Å². The molecule has 48 valence electrons. The standard InChI is InChI=1S/C6H3BrI2/c7-5-2-1-4(8)3-6(5)9/h1-3H. The van der Waals surface area contributed by atoms with Crippen molar-refractivity contribution in [2.24, 2.45) is 0 Å². The first kappa shape index (κ1) is 8.26. The second-order valence-corrected chi connectivity index (χ2v) is 4.82. The summed E-state index contributed by atoms with van der Waals surface area (Å²) in [6, 6.07) is 6.27. The molecular weight excluding hydrogens is 406 g/mol. The third kappa shape index (κ3) is 2.34. The zero-order valence-electron chi connectivity index (χ0n) is 4.37. The minimum absolute atomic E-state index is 1.17. The number of hydrogen-bond donors (Lipinski definition) is 0. The molecule has 0 aliphatic carbocycles. The summed E-state index contributed by atoms with van der Waals surface area (Å²) in [5, 5.41) is 0. The van der Waals surface area contributed by atoms with Crippen LogP contribution in [0.1, 0.15) is 0 Å². The van der Waals surface area contributed by atoms with Crippen LogP contribution < -0.4 is 0 Å². The Bertz CT molecular complexity index is 222. The Kier molecular flexibility index (Phi) is 3.23. The van der Waals surface area contributed by atoms with Crippen LogP contribution in [0, 0.1) is 7.14 Å². The van der Waals surface area contributed by atoms with E-state index < -0.39 is 0 Å².